The predicted octanol–water partition coefficient (Wildman–Crippen LogP) is 2.17. The van der Waals surface area contributed by atoms with E-state index < -0.39 is 9.84 Å². The monoisotopic (exact) mass is 299 g/mol. The number of halogens is 1. The van der Waals surface area contributed by atoms with Crippen LogP contribution in [0.15, 0.2) is 24.3 Å². The maximum Gasteiger partial charge on any atom is 0.147 e. The van der Waals surface area contributed by atoms with Crippen LogP contribution in [0.1, 0.15) is 24.8 Å². The fraction of sp³-hybridized carbons (Fsp3) is 0.600. The van der Waals surface area contributed by atoms with Gasteiger partial charge in [-0.05, 0) is 49.8 Å². The van der Waals surface area contributed by atoms with Gasteiger partial charge in [-0.1, -0.05) is 18.2 Å². The molecule has 0 aliphatic heterocycles. The Balaban J connectivity index is 1.95. The van der Waals surface area contributed by atoms with Gasteiger partial charge in [0.25, 0.3) is 0 Å². The summed E-state index contributed by atoms with van der Waals surface area (Å²) in [5, 5.41) is 3.42. The van der Waals surface area contributed by atoms with Crippen molar-refractivity contribution in [3.63, 3.8) is 0 Å². The van der Waals surface area contributed by atoms with Crippen LogP contribution in [0.5, 0.6) is 0 Å². The van der Waals surface area contributed by atoms with Crippen molar-refractivity contribution in [2.24, 2.45) is 5.92 Å². The van der Waals surface area contributed by atoms with E-state index in [1.165, 1.54) is 25.2 Å². The predicted molar refractivity (Wildman–Crippen MR) is 78.9 cm³/mol. The number of benzene rings is 1. The molecule has 1 unspecified atom stereocenters. The number of hydrogen-bond acceptors (Lipinski definition) is 3. The Hall–Kier alpha value is -0.940. The fourth-order valence-corrected chi connectivity index (χ4v) is 3.01. The Morgan fingerprint density at radius 1 is 1.35 bits per heavy atom. The van der Waals surface area contributed by atoms with Crippen molar-refractivity contribution >= 4 is 9.84 Å². The lowest BCUT2D eigenvalue weighted by Gasteiger charge is -2.17. The summed E-state index contributed by atoms with van der Waals surface area (Å²) in [5.74, 6) is 0.115. The summed E-state index contributed by atoms with van der Waals surface area (Å²) < 4.78 is 36.3. The molecule has 0 aromatic heterocycles. The Bertz CT molecular complexity index is 541. The van der Waals surface area contributed by atoms with E-state index in [4.69, 9.17) is 0 Å². The van der Waals surface area contributed by atoms with E-state index in [1.54, 1.807) is 12.1 Å². The molecule has 2 rings (SSSR count). The number of sulfone groups is 1. The number of hydrogen-bond donors (Lipinski definition) is 1. The summed E-state index contributed by atoms with van der Waals surface area (Å²) in [6, 6.07) is 7.31. The first kappa shape index (κ1) is 15.4. The van der Waals surface area contributed by atoms with Gasteiger partial charge in [-0.3, -0.25) is 0 Å². The molecule has 1 fully saturated rings. The largest absolute Gasteiger partial charge is 0.314 e. The highest BCUT2D eigenvalue weighted by atomic mass is 32.2. The van der Waals surface area contributed by atoms with Crippen molar-refractivity contribution in [2.75, 3.05) is 18.6 Å². The average Bonchev–Trinajstić information content (AvgIpc) is 3.18. The van der Waals surface area contributed by atoms with Gasteiger partial charge in [-0.15, -0.1) is 0 Å². The van der Waals surface area contributed by atoms with E-state index in [0.29, 0.717) is 24.4 Å². The summed E-state index contributed by atoms with van der Waals surface area (Å²) in [6.45, 7) is 0.758. The molecule has 3 nitrogen and oxygen atoms in total. The minimum absolute atomic E-state index is 0.155. The van der Waals surface area contributed by atoms with Crippen LogP contribution in [-0.2, 0) is 16.3 Å². The van der Waals surface area contributed by atoms with Crippen molar-refractivity contribution in [3.05, 3.63) is 35.6 Å². The van der Waals surface area contributed by atoms with Crippen LogP contribution in [0.4, 0.5) is 4.39 Å². The molecule has 112 valence electrons. The van der Waals surface area contributed by atoms with Gasteiger partial charge in [-0.2, -0.15) is 0 Å². The van der Waals surface area contributed by atoms with Crippen LogP contribution in [0.2, 0.25) is 0 Å². The van der Waals surface area contributed by atoms with Crippen molar-refractivity contribution < 1.29 is 12.8 Å². The summed E-state index contributed by atoms with van der Waals surface area (Å²) in [7, 11) is -2.97. The van der Waals surface area contributed by atoms with E-state index in [-0.39, 0.29) is 17.5 Å². The Morgan fingerprint density at radius 2 is 2.05 bits per heavy atom. The lowest BCUT2D eigenvalue weighted by atomic mass is 9.96. The minimum Gasteiger partial charge on any atom is -0.314 e. The van der Waals surface area contributed by atoms with Crippen LogP contribution < -0.4 is 5.32 Å². The van der Waals surface area contributed by atoms with E-state index in [1.807, 2.05) is 6.07 Å². The van der Waals surface area contributed by atoms with Gasteiger partial charge in [0.2, 0.25) is 0 Å². The van der Waals surface area contributed by atoms with Crippen LogP contribution >= 0.6 is 0 Å². The standard InChI is InChI=1S/C15H22FNO2S/c1-20(18,19)9-8-12(11-17-14-6-7-14)10-13-4-2-3-5-15(13)16/h2-5,12,14,17H,6-11H2,1H3. The van der Waals surface area contributed by atoms with Crippen molar-refractivity contribution in [3.8, 4) is 0 Å². The molecule has 5 heteroatoms. The molecule has 1 N–H and O–H groups in total. The molecule has 1 aromatic rings. The van der Waals surface area contributed by atoms with Crippen LogP contribution in [0, 0.1) is 11.7 Å². The highest BCUT2D eigenvalue weighted by Gasteiger charge is 2.23. The fourth-order valence-electron chi connectivity index (χ4n) is 2.25. The SMILES string of the molecule is CS(=O)(=O)CCC(CNC1CC1)Cc1ccccc1F. The Labute approximate surface area is 120 Å². The molecule has 1 saturated carbocycles. The zero-order chi connectivity index (χ0) is 14.6. The lowest BCUT2D eigenvalue weighted by molar-refractivity contribution is 0.448. The van der Waals surface area contributed by atoms with E-state index in [0.717, 1.165) is 6.54 Å². The molecule has 1 aromatic carbocycles. The molecule has 0 bridgehead atoms. The van der Waals surface area contributed by atoms with Crippen molar-refractivity contribution in [1.82, 2.24) is 5.32 Å². The van der Waals surface area contributed by atoms with Crippen molar-refractivity contribution in [1.29, 1.82) is 0 Å². The molecule has 1 aliphatic carbocycles. The molecule has 1 atom stereocenters. The maximum absolute atomic E-state index is 13.7. The van der Waals surface area contributed by atoms with Gasteiger partial charge in [0.15, 0.2) is 0 Å². The van der Waals surface area contributed by atoms with Gasteiger partial charge < -0.3 is 5.32 Å². The highest BCUT2D eigenvalue weighted by molar-refractivity contribution is 7.90. The molecule has 0 saturated heterocycles. The molecular weight excluding hydrogens is 277 g/mol. The van der Waals surface area contributed by atoms with Crippen LogP contribution in [0.3, 0.4) is 0 Å². The lowest BCUT2D eigenvalue weighted by Crippen LogP contribution is -2.27. The maximum atomic E-state index is 13.7. The third kappa shape index (κ3) is 5.59. The zero-order valence-electron chi connectivity index (χ0n) is 11.8. The molecular formula is C15H22FNO2S. The van der Waals surface area contributed by atoms with E-state index in [9.17, 15) is 12.8 Å². The highest BCUT2D eigenvalue weighted by Crippen LogP contribution is 2.21. The van der Waals surface area contributed by atoms with Gasteiger partial charge >= 0.3 is 0 Å². The third-order valence-electron chi connectivity index (χ3n) is 3.64. The normalized spacial score (nSPS) is 17.1. The first-order chi connectivity index (χ1) is 9.44. The molecule has 0 amide bonds. The summed E-state index contributed by atoms with van der Waals surface area (Å²) in [4.78, 5) is 0. The number of nitrogens with one attached hydrogen (secondary N) is 1. The quantitative estimate of drug-likeness (QED) is 0.800. The molecule has 20 heavy (non-hydrogen) atoms. The van der Waals surface area contributed by atoms with E-state index >= 15 is 0 Å². The van der Waals surface area contributed by atoms with Crippen LogP contribution in [-0.4, -0.2) is 33.0 Å². The van der Waals surface area contributed by atoms with Gasteiger partial charge in [-0.25, -0.2) is 12.8 Å². The second-order valence-corrected chi connectivity index (χ2v) is 8.02. The van der Waals surface area contributed by atoms with Crippen molar-refractivity contribution in [2.45, 2.75) is 31.7 Å². The molecule has 0 heterocycles. The zero-order valence-corrected chi connectivity index (χ0v) is 12.6. The Kier molecular flexibility index (Phi) is 5.16. The second kappa shape index (κ2) is 6.68. The van der Waals surface area contributed by atoms with Gasteiger partial charge in [0.1, 0.15) is 15.7 Å². The molecule has 0 spiro atoms. The average molecular weight is 299 g/mol. The molecule has 0 radical (unpaired) electrons. The summed E-state index contributed by atoms with van der Waals surface area (Å²) >= 11 is 0. The number of rotatable bonds is 8. The van der Waals surface area contributed by atoms with Gasteiger partial charge in [0.05, 0.1) is 5.75 Å². The second-order valence-electron chi connectivity index (χ2n) is 5.76. The topological polar surface area (TPSA) is 46.2 Å². The first-order valence-corrected chi connectivity index (χ1v) is 9.14. The van der Waals surface area contributed by atoms with Crippen LogP contribution in [0.25, 0.3) is 0 Å². The minimum atomic E-state index is -2.97. The summed E-state index contributed by atoms with van der Waals surface area (Å²) in [5.41, 5.74) is 0.670. The summed E-state index contributed by atoms with van der Waals surface area (Å²) in [6.07, 6.45) is 4.80. The Morgan fingerprint density at radius 3 is 2.65 bits per heavy atom. The van der Waals surface area contributed by atoms with Gasteiger partial charge in [0, 0.05) is 12.3 Å². The molecule has 1 aliphatic rings. The smallest absolute Gasteiger partial charge is 0.147 e. The van der Waals surface area contributed by atoms with E-state index in [2.05, 4.69) is 5.32 Å². The third-order valence-corrected chi connectivity index (χ3v) is 4.61. The first-order valence-electron chi connectivity index (χ1n) is 7.08.